The summed E-state index contributed by atoms with van der Waals surface area (Å²) in [6.45, 7) is 5.70. The van der Waals surface area contributed by atoms with E-state index in [-0.39, 0.29) is 18.2 Å². The van der Waals surface area contributed by atoms with Crippen LogP contribution in [0.15, 0.2) is 18.3 Å². The number of amides is 1. The first kappa shape index (κ1) is 18.2. The smallest absolute Gasteiger partial charge is 0.411 e. The summed E-state index contributed by atoms with van der Waals surface area (Å²) in [6, 6.07) is 2.18. The number of fused-ring (bicyclic) bond motifs is 2. The van der Waals surface area contributed by atoms with Gasteiger partial charge in [-0.3, -0.25) is 4.90 Å². The summed E-state index contributed by atoms with van der Waals surface area (Å²) < 4.78 is 10.9. The lowest BCUT2D eigenvalue weighted by atomic mass is 9.91. The maximum atomic E-state index is 12.6. The van der Waals surface area contributed by atoms with Crippen LogP contribution in [0, 0.1) is 0 Å². The predicted octanol–water partition coefficient (Wildman–Crippen LogP) is 4.19. The molecule has 1 aromatic heterocycles. The number of aryl methyl sites for hydroxylation is 1. The number of carbonyl (C=O) groups excluding carboxylic acids is 1. The van der Waals surface area contributed by atoms with Crippen molar-refractivity contribution < 1.29 is 14.3 Å². The van der Waals surface area contributed by atoms with Gasteiger partial charge in [0.15, 0.2) is 0 Å². The molecule has 1 fully saturated rings. The van der Waals surface area contributed by atoms with Crippen molar-refractivity contribution in [3.05, 3.63) is 29.5 Å². The third-order valence-corrected chi connectivity index (χ3v) is 5.01. The molecule has 0 aliphatic carbocycles. The van der Waals surface area contributed by atoms with Crippen molar-refractivity contribution in [2.75, 3.05) is 12.4 Å². The van der Waals surface area contributed by atoms with Crippen molar-refractivity contribution in [1.29, 1.82) is 0 Å². The van der Waals surface area contributed by atoms with Crippen LogP contribution in [-0.2, 0) is 11.2 Å². The van der Waals surface area contributed by atoms with E-state index >= 15 is 0 Å². The van der Waals surface area contributed by atoms with Crippen LogP contribution in [0.25, 0.3) is 5.57 Å². The van der Waals surface area contributed by atoms with Gasteiger partial charge in [0, 0.05) is 23.2 Å². The monoisotopic (exact) mass is 408 g/mol. The third kappa shape index (κ3) is 3.68. The number of ether oxygens (including phenoxy) is 2. The molecule has 6 heteroatoms. The highest BCUT2D eigenvalue weighted by atomic mass is 79.9. The highest BCUT2D eigenvalue weighted by Gasteiger charge is 2.45. The van der Waals surface area contributed by atoms with Crippen LogP contribution >= 0.6 is 15.9 Å². The molecule has 1 amide bonds. The van der Waals surface area contributed by atoms with Crippen LogP contribution in [0.4, 0.5) is 4.79 Å². The molecule has 0 radical (unpaired) electrons. The maximum absolute atomic E-state index is 12.6. The standard InChI is InChI=1S/C19H25BrN2O3/c1-19(2,3)25-18(23)22-13-5-6-16(22)14(10-13)15-11-21-17(24-4)9-12(15)7-8-20/h9-11,13,16H,5-8H2,1-4H3/t13-,16+/m0/s1. The van der Waals surface area contributed by atoms with Gasteiger partial charge >= 0.3 is 6.09 Å². The Labute approximate surface area is 157 Å². The van der Waals surface area contributed by atoms with E-state index in [4.69, 9.17) is 9.47 Å². The van der Waals surface area contributed by atoms with Gasteiger partial charge in [0.1, 0.15) is 5.60 Å². The van der Waals surface area contributed by atoms with E-state index in [1.807, 2.05) is 37.9 Å². The van der Waals surface area contributed by atoms with Crippen molar-refractivity contribution >= 4 is 27.6 Å². The SMILES string of the molecule is COc1cc(CCBr)c(C2=C[C@@H]3CC[C@H]2N3C(=O)OC(C)(C)C)cn1. The lowest BCUT2D eigenvalue weighted by molar-refractivity contribution is 0.0235. The number of rotatable bonds is 4. The third-order valence-electron chi connectivity index (χ3n) is 4.61. The van der Waals surface area contributed by atoms with Crippen LogP contribution in [-0.4, -0.2) is 46.1 Å². The Balaban J connectivity index is 1.88. The molecule has 3 rings (SSSR count). The first-order valence-electron chi connectivity index (χ1n) is 8.66. The summed E-state index contributed by atoms with van der Waals surface area (Å²) in [7, 11) is 1.63. The van der Waals surface area contributed by atoms with Gasteiger partial charge in [0.2, 0.25) is 5.88 Å². The highest BCUT2D eigenvalue weighted by Crippen LogP contribution is 2.43. The Bertz CT molecular complexity index is 696. The van der Waals surface area contributed by atoms with Crippen molar-refractivity contribution in [3.8, 4) is 5.88 Å². The maximum Gasteiger partial charge on any atom is 0.411 e. The fraction of sp³-hybridized carbons (Fsp3) is 0.579. The fourth-order valence-electron chi connectivity index (χ4n) is 3.63. The average molecular weight is 409 g/mol. The number of pyridine rings is 1. The largest absolute Gasteiger partial charge is 0.481 e. The van der Waals surface area contributed by atoms with Crippen LogP contribution in [0.5, 0.6) is 5.88 Å². The van der Waals surface area contributed by atoms with E-state index in [0.29, 0.717) is 5.88 Å². The summed E-state index contributed by atoms with van der Waals surface area (Å²) in [6.07, 6.45) is 6.70. The molecular weight excluding hydrogens is 384 g/mol. The Morgan fingerprint density at radius 2 is 2.16 bits per heavy atom. The minimum absolute atomic E-state index is 0.0733. The second-order valence-corrected chi connectivity index (χ2v) is 8.29. The molecule has 2 aliphatic rings. The number of carbonyl (C=O) groups is 1. The van der Waals surface area contributed by atoms with Crippen molar-refractivity contribution in [2.24, 2.45) is 0 Å². The zero-order valence-electron chi connectivity index (χ0n) is 15.2. The Morgan fingerprint density at radius 1 is 1.40 bits per heavy atom. The molecule has 25 heavy (non-hydrogen) atoms. The molecule has 5 nitrogen and oxygen atoms in total. The first-order valence-corrected chi connectivity index (χ1v) is 9.78. The lowest BCUT2D eigenvalue weighted by Gasteiger charge is -2.28. The molecule has 136 valence electrons. The van der Waals surface area contributed by atoms with E-state index in [9.17, 15) is 4.79 Å². The molecule has 1 saturated heterocycles. The summed E-state index contributed by atoms with van der Waals surface area (Å²) in [4.78, 5) is 18.9. The van der Waals surface area contributed by atoms with Gasteiger partial charge in [0.05, 0.1) is 19.2 Å². The number of alkyl halides is 1. The molecular formula is C19H25BrN2O3. The second-order valence-electron chi connectivity index (χ2n) is 7.49. The molecule has 2 atom stereocenters. The number of nitrogens with zero attached hydrogens (tertiary/aromatic N) is 2. The first-order chi connectivity index (χ1) is 11.8. The zero-order chi connectivity index (χ0) is 18.2. The van der Waals surface area contributed by atoms with E-state index in [1.165, 1.54) is 11.1 Å². The number of hydrogen-bond donors (Lipinski definition) is 0. The quantitative estimate of drug-likeness (QED) is 0.700. The molecule has 0 aromatic carbocycles. The Kier molecular flexibility index (Phi) is 5.09. The zero-order valence-corrected chi connectivity index (χ0v) is 16.8. The molecule has 3 heterocycles. The number of methoxy groups -OCH3 is 1. The topological polar surface area (TPSA) is 51.7 Å². The summed E-state index contributed by atoms with van der Waals surface area (Å²) in [5, 5.41) is 0.865. The molecule has 0 N–H and O–H groups in total. The molecule has 2 bridgehead atoms. The summed E-state index contributed by atoms with van der Waals surface area (Å²) in [5.41, 5.74) is 3.00. The molecule has 0 saturated carbocycles. The highest BCUT2D eigenvalue weighted by molar-refractivity contribution is 9.09. The van der Waals surface area contributed by atoms with Crippen LogP contribution in [0.3, 0.4) is 0 Å². The van der Waals surface area contributed by atoms with E-state index in [1.54, 1.807) is 7.11 Å². The van der Waals surface area contributed by atoms with Crippen LogP contribution < -0.4 is 4.74 Å². The summed E-state index contributed by atoms with van der Waals surface area (Å²) in [5.74, 6) is 0.618. The van der Waals surface area contributed by atoms with Crippen molar-refractivity contribution in [1.82, 2.24) is 9.88 Å². The lowest BCUT2D eigenvalue weighted by Crippen LogP contribution is -2.40. The van der Waals surface area contributed by atoms with Crippen molar-refractivity contribution in [3.63, 3.8) is 0 Å². The Morgan fingerprint density at radius 3 is 2.80 bits per heavy atom. The molecule has 1 aromatic rings. The molecule has 2 aliphatic heterocycles. The number of halogens is 1. The van der Waals surface area contributed by atoms with Gasteiger partial charge in [-0.25, -0.2) is 9.78 Å². The minimum atomic E-state index is -0.484. The predicted molar refractivity (Wildman–Crippen MR) is 101 cm³/mol. The van der Waals surface area contributed by atoms with Gasteiger partial charge in [0.25, 0.3) is 0 Å². The average Bonchev–Trinajstić information content (AvgIpc) is 3.11. The van der Waals surface area contributed by atoms with Crippen molar-refractivity contribution in [2.45, 2.75) is 57.7 Å². The van der Waals surface area contributed by atoms with Gasteiger partial charge in [-0.2, -0.15) is 0 Å². The van der Waals surface area contributed by atoms with Gasteiger partial charge in [-0.15, -0.1) is 0 Å². The molecule has 0 unspecified atom stereocenters. The van der Waals surface area contributed by atoms with E-state index in [2.05, 4.69) is 27.0 Å². The van der Waals surface area contributed by atoms with Crippen LogP contribution in [0.1, 0.15) is 44.7 Å². The van der Waals surface area contributed by atoms with Gasteiger partial charge < -0.3 is 9.47 Å². The fourth-order valence-corrected chi connectivity index (χ4v) is 4.05. The van der Waals surface area contributed by atoms with Gasteiger partial charge in [-0.1, -0.05) is 22.0 Å². The number of aromatic nitrogens is 1. The van der Waals surface area contributed by atoms with E-state index < -0.39 is 5.60 Å². The Hall–Kier alpha value is -1.56. The van der Waals surface area contributed by atoms with Gasteiger partial charge in [-0.05, 0) is 51.2 Å². The van der Waals surface area contributed by atoms with Crippen LogP contribution in [0.2, 0.25) is 0 Å². The minimum Gasteiger partial charge on any atom is -0.481 e. The number of hydrogen-bond acceptors (Lipinski definition) is 4. The molecule has 0 spiro atoms. The summed E-state index contributed by atoms with van der Waals surface area (Å²) >= 11 is 3.52. The van der Waals surface area contributed by atoms with E-state index in [0.717, 1.165) is 30.2 Å². The second kappa shape index (κ2) is 6.98. The normalized spacial score (nSPS) is 22.1.